The fourth-order valence-corrected chi connectivity index (χ4v) is 2.83. The lowest BCUT2D eigenvalue weighted by Crippen LogP contribution is -2.13. The van der Waals surface area contributed by atoms with Crippen molar-refractivity contribution in [2.24, 2.45) is 5.92 Å². The second kappa shape index (κ2) is 5.97. The van der Waals surface area contributed by atoms with Crippen molar-refractivity contribution in [3.05, 3.63) is 70.8 Å². The van der Waals surface area contributed by atoms with Gasteiger partial charge in [0.25, 0.3) is 0 Å². The van der Waals surface area contributed by atoms with Gasteiger partial charge < -0.3 is 0 Å². The predicted molar refractivity (Wildman–Crippen MR) is 86.9 cm³/mol. The Kier molecular flexibility index (Phi) is 4.30. The molecule has 2 aromatic rings. The number of rotatable bonds is 1. The van der Waals surface area contributed by atoms with Gasteiger partial charge in [-0.2, -0.15) is 0 Å². The van der Waals surface area contributed by atoms with Gasteiger partial charge in [0.15, 0.2) is 0 Å². The summed E-state index contributed by atoms with van der Waals surface area (Å²) >= 11 is 0. The average molecular weight is 262 g/mol. The third-order valence-electron chi connectivity index (χ3n) is 3.95. The van der Waals surface area contributed by atoms with Crippen molar-refractivity contribution >= 4 is 0 Å². The van der Waals surface area contributed by atoms with Crippen LogP contribution in [-0.2, 0) is 6.42 Å². The van der Waals surface area contributed by atoms with Crippen LogP contribution in [0, 0.1) is 17.8 Å². The van der Waals surface area contributed by atoms with Crippen LogP contribution in [-0.4, -0.2) is 0 Å². The SMILES string of the molecule is C.CC(C)C1Cc2ccccc2C#Cc2ccccc21. The molecule has 3 rings (SSSR count). The summed E-state index contributed by atoms with van der Waals surface area (Å²) in [6, 6.07) is 17.1. The molecule has 1 aliphatic rings. The molecule has 0 nitrogen and oxygen atoms in total. The normalized spacial score (nSPS) is 15.8. The Morgan fingerprint density at radius 2 is 1.50 bits per heavy atom. The Hall–Kier alpha value is -2.00. The highest BCUT2D eigenvalue weighted by atomic mass is 14.2. The standard InChI is InChI=1S/C19H18.CH4/c1-14(2)19-13-17-9-4-3-7-15(17)11-12-16-8-5-6-10-18(16)19;/h3-10,14,19H,13H2,1-2H3;1H4. The van der Waals surface area contributed by atoms with Crippen LogP contribution in [0.4, 0.5) is 0 Å². The first-order valence-electron chi connectivity index (χ1n) is 6.94. The molecular weight excluding hydrogens is 240 g/mol. The molecule has 0 heteroatoms. The number of hydrogen-bond acceptors (Lipinski definition) is 0. The van der Waals surface area contributed by atoms with Crippen molar-refractivity contribution < 1.29 is 0 Å². The van der Waals surface area contributed by atoms with E-state index in [1.165, 1.54) is 22.3 Å². The van der Waals surface area contributed by atoms with Crippen molar-refractivity contribution in [2.75, 3.05) is 0 Å². The van der Waals surface area contributed by atoms with E-state index in [1.807, 2.05) is 0 Å². The van der Waals surface area contributed by atoms with E-state index in [2.05, 4.69) is 74.2 Å². The molecule has 0 heterocycles. The Balaban J connectivity index is 0.00000147. The summed E-state index contributed by atoms with van der Waals surface area (Å²) in [4.78, 5) is 0. The van der Waals surface area contributed by atoms with Crippen LogP contribution in [0.3, 0.4) is 0 Å². The number of benzene rings is 2. The molecule has 0 fully saturated rings. The van der Waals surface area contributed by atoms with Crippen LogP contribution >= 0.6 is 0 Å². The number of hydrogen-bond donors (Lipinski definition) is 0. The molecule has 2 aromatic carbocycles. The van der Waals surface area contributed by atoms with Crippen molar-refractivity contribution in [1.29, 1.82) is 0 Å². The van der Waals surface area contributed by atoms with Crippen molar-refractivity contribution in [3.8, 4) is 11.8 Å². The first-order chi connectivity index (χ1) is 9.25. The topological polar surface area (TPSA) is 0 Å². The molecule has 0 bridgehead atoms. The van der Waals surface area contributed by atoms with E-state index in [0.717, 1.165) is 6.42 Å². The molecule has 20 heavy (non-hydrogen) atoms. The largest absolute Gasteiger partial charge is 0.0776 e. The van der Waals surface area contributed by atoms with Gasteiger partial charge in [0.2, 0.25) is 0 Å². The molecule has 1 aliphatic carbocycles. The molecule has 0 N–H and O–H groups in total. The predicted octanol–water partition coefficient (Wildman–Crippen LogP) is 5.02. The van der Waals surface area contributed by atoms with Gasteiger partial charge in [-0.3, -0.25) is 0 Å². The fraction of sp³-hybridized carbons (Fsp3) is 0.300. The van der Waals surface area contributed by atoms with Crippen LogP contribution in [0.5, 0.6) is 0 Å². The molecule has 0 radical (unpaired) electrons. The molecule has 0 aliphatic heterocycles. The van der Waals surface area contributed by atoms with Gasteiger partial charge in [0.05, 0.1) is 0 Å². The molecule has 1 unspecified atom stereocenters. The van der Waals surface area contributed by atoms with Crippen LogP contribution in [0.1, 0.15) is 49.4 Å². The van der Waals surface area contributed by atoms with Crippen molar-refractivity contribution in [1.82, 2.24) is 0 Å². The molecule has 0 amide bonds. The highest BCUT2D eigenvalue weighted by Gasteiger charge is 2.21. The molecule has 1 atom stereocenters. The van der Waals surface area contributed by atoms with Crippen LogP contribution in [0.25, 0.3) is 0 Å². The van der Waals surface area contributed by atoms with Crippen LogP contribution < -0.4 is 0 Å². The van der Waals surface area contributed by atoms with E-state index in [1.54, 1.807) is 0 Å². The third kappa shape index (κ3) is 2.63. The minimum Gasteiger partial charge on any atom is -0.0776 e. The van der Waals surface area contributed by atoms with E-state index in [9.17, 15) is 0 Å². The average Bonchev–Trinajstić information content (AvgIpc) is 2.41. The Bertz CT molecular complexity index is 653. The maximum absolute atomic E-state index is 3.36. The minimum absolute atomic E-state index is 0. The third-order valence-corrected chi connectivity index (χ3v) is 3.95. The van der Waals surface area contributed by atoms with E-state index < -0.39 is 0 Å². The highest BCUT2D eigenvalue weighted by molar-refractivity contribution is 5.52. The summed E-state index contributed by atoms with van der Waals surface area (Å²) in [7, 11) is 0. The summed E-state index contributed by atoms with van der Waals surface area (Å²) in [6.45, 7) is 4.61. The second-order valence-corrected chi connectivity index (χ2v) is 5.55. The first-order valence-corrected chi connectivity index (χ1v) is 6.94. The fourth-order valence-electron chi connectivity index (χ4n) is 2.83. The smallest absolute Gasteiger partial charge is 0.0284 e. The first kappa shape index (κ1) is 14.4. The maximum atomic E-state index is 3.36. The molecule has 0 spiro atoms. The summed E-state index contributed by atoms with van der Waals surface area (Å²) < 4.78 is 0. The van der Waals surface area contributed by atoms with Crippen LogP contribution in [0.2, 0.25) is 0 Å². The molecular formula is C20H22. The molecule has 0 saturated heterocycles. The summed E-state index contributed by atoms with van der Waals surface area (Å²) in [6.07, 6.45) is 1.08. The molecule has 102 valence electrons. The van der Waals surface area contributed by atoms with E-state index in [-0.39, 0.29) is 7.43 Å². The van der Waals surface area contributed by atoms with E-state index in [4.69, 9.17) is 0 Å². The Morgan fingerprint density at radius 3 is 2.25 bits per heavy atom. The maximum Gasteiger partial charge on any atom is 0.0284 e. The van der Waals surface area contributed by atoms with Gasteiger partial charge in [-0.1, -0.05) is 69.5 Å². The van der Waals surface area contributed by atoms with Gasteiger partial charge in [0, 0.05) is 11.1 Å². The Labute approximate surface area is 122 Å². The second-order valence-electron chi connectivity index (χ2n) is 5.55. The lowest BCUT2D eigenvalue weighted by atomic mass is 9.79. The number of fused-ring (bicyclic) bond motifs is 2. The van der Waals surface area contributed by atoms with Crippen molar-refractivity contribution in [2.45, 2.75) is 33.6 Å². The zero-order valence-electron chi connectivity index (χ0n) is 11.5. The van der Waals surface area contributed by atoms with Crippen LogP contribution in [0.15, 0.2) is 48.5 Å². The molecule has 0 saturated carbocycles. The van der Waals surface area contributed by atoms with Gasteiger partial charge >= 0.3 is 0 Å². The Morgan fingerprint density at radius 1 is 0.900 bits per heavy atom. The lowest BCUT2D eigenvalue weighted by molar-refractivity contribution is 0.494. The van der Waals surface area contributed by atoms with E-state index >= 15 is 0 Å². The summed E-state index contributed by atoms with van der Waals surface area (Å²) in [5.74, 6) is 7.85. The molecule has 0 aromatic heterocycles. The monoisotopic (exact) mass is 262 g/mol. The van der Waals surface area contributed by atoms with Gasteiger partial charge in [-0.05, 0) is 41.5 Å². The zero-order chi connectivity index (χ0) is 13.2. The van der Waals surface area contributed by atoms with Gasteiger partial charge in [-0.25, -0.2) is 0 Å². The quantitative estimate of drug-likeness (QED) is 0.633. The zero-order valence-corrected chi connectivity index (χ0v) is 11.5. The lowest BCUT2D eigenvalue weighted by Gasteiger charge is -2.24. The highest BCUT2D eigenvalue weighted by Crippen LogP contribution is 2.32. The van der Waals surface area contributed by atoms with Gasteiger partial charge in [0.1, 0.15) is 0 Å². The minimum atomic E-state index is 0. The summed E-state index contributed by atoms with van der Waals surface area (Å²) in [5, 5.41) is 0. The van der Waals surface area contributed by atoms with Crippen molar-refractivity contribution in [3.63, 3.8) is 0 Å². The summed E-state index contributed by atoms with van der Waals surface area (Å²) in [5.41, 5.74) is 5.15. The van der Waals surface area contributed by atoms with Gasteiger partial charge in [-0.15, -0.1) is 0 Å². The van der Waals surface area contributed by atoms with E-state index in [0.29, 0.717) is 11.8 Å².